The van der Waals surface area contributed by atoms with Crippen LogP contribution in [0.15, 0.2) is 77.2 Å². The van der Waals surface area contributed by atoms with Gasteiger partial charge in [0.05, 0.1) is 52.0 Å². The fourth-order valence-corrected chi connectivity index (χ4v) is 12.0. The minimum absolute atomic E-state index is 0.0164. The number of amides is 2. The van der Waals surface area contributed by atoms with Gasteiger partial charge in [0.15, 0.2) is 11.6 Å². The molecule has 68 heavy (non-hydrogen) atoms. The molecule has 6 aromatic rings. The average Bonchev–Trinajstić information content (AvgIpc) is 4.16. The Kier molecular flexibility index (Phi) is 13.6. The van der Waals surface area contributed by atoms with Gasteiger partial charge in [-0.1, -0.05) is 55.9 Å². The van der Waals surface area contributed by atoms with E-state index in [0.29, 0.717) is 41.9 Å². The quantitative estimate of drug-likeness (QED) is 0.0746. The second-order valence-corrected chi connectivity index (χ2v) is 20.4. The van der Waals surface area contributed by atoms with Crippen LogP contribution < -0.4 is 20.0 Å². The third-order valence-electron chi connectivity index (χ3n) is 13.8. The molecule has 3 aliphatic rings. The molecular weight excluding hydrogens is 899 g/mol. The van der Waals surface area contributed by atoms with Crippen LogP contribution in [0.4, 0.5) is 17.5 Å². The molecule has 8 heterocycles. The van der Waals surface area contributed by atoms with Gasteiger partial charge in [0.25, 0.3) is 0 Å². The number of nitrogens with zero attached hydrogens (tertiary/aromatic N) is 10. The van der Waals surface area contributed by atoms with Gasteiger partial charge < -0.3 is 39.7 Å². The van der Waals surface area contributed by atoms with Crippen molar-refractivity contribution in [2.24, 2.45) is 5.92 Å². The van der Waals surface area contributed by atoms with E-state index >= 15 is 0 Å². The molecule has 3 N–H and O–H groups in total. The lowest BCUT2D eigenvalue weighted by molar-refractivity contribution is -0.141. The van der Waals surface area contributed by atoms with E-state index in [-0.39, 0.29) is 42.5 Å². The maximum atomic E-state index is 14.4. The topological polar surface area (TPSA) is 190 Å². The van der Waals surface area contributed by atoms with Gasteiger partial charge in [-0.05, 0) is 75.1 Å². The van der Waals surface area contributed by atoms with Gasteiger partial charge in [0.2, 0.25) is 17.8 Å². The van der Waals surface area contributed by atoms with E-state index in [1.54, 1.807) is 28.7 Å². The second kappa shape index (κ2) is 19.8. The number of anilines is 3. The number of aryl methyl sites for hydroxylation is 2. The molecule has 0 aliphatic carbocycles. The number of benzene rings is 1. The molecule has 16 nitrogen and oxygen atoms in total. The number of nitrogens with one attached hydrogen (secondary N) is 1. The smallest absolute Gasteiger partial charge is 0.243 e. The van der Waals surface area contributed by atoms with E-state index < -0.39 is 18.1 Å². The Labute approximate surface area is 404 Å². The number of hydrogen-bond donors (Lipinski definition) is 3. The zero-order chi connectivity index (χ0) is 47.8. The van der Waals surface area contributed by atoms with Crippen molar-refractivity contribution in [2.75, 3.05) is 60.5 Å². The highest BCUT2D eigenvalue weighted by Gasteiger charge is 2.44. The first-order valence-corrected chi connectivity index (χ1v) is 25.1. The molecule has 0 radical (unpaired) electrons. The Morgan fingerprint density at radius 2 is 1.65 bits per heavy atom. The second-order valence-electron chi connectivity index (χ2n) is 18.5. The average molecular weight is 958 g/mol. The Balaban J connectivity index is 0.777. The lowest BCUT2D eigenvalue weighted by Gasteiger charge is -2.36. The van der Waals surface area contributed by atoms with Crippen LogP contribution in [0.1, 0.15) is 98.0 Å². The SMILES string of the molecule is C=C(O)/C(=C\C)c1cc2c(C)c(C3CCN(c4ncc(N5CCN(c6cc(C(C(=O)N7C[C@H](O)C[C@H]7C(=O)NC(C)c7ccc(-c8scnc8C)cc7)C(C)C)on6)CC5)cn4)CC3)sc2nn1. The maximum absolute atomic E-state index is 14.4. The summed E-state index contributed by atoms with van der Waals surface area (Å²) in [6.07, 6.45) is 6.93. The molecule has 2 unspecified atom stereocenters. The Morgan fingerprint density at radius 3 is 2.29 bits per heavy atom. The van der Waals surface area contributed by atoms with Crippen LogP contribution in [0.3, 0.4) is 0 Å². The predicted octanol–water partition coefficient (Wildman–Crippen LogP) is 7.97. The van der Waals surface area contributed by atoms with E-state index in [1.807, 2.05) is 88.9 Å². The molecule has 0 spiro atoms. The van der Waals surface area contributed by atoms with Crippen LogP contribution in [-0.4, -0.2) is 115 Å². The summed E-state index contributed by atoms with van der Waals surface area (Å²) < 4.78 is 5.91. The summed E-state index contributed by atoms with van der Waals surface area (Å²) in [5, 5.41) is 38.2. The van der Waals surface area contributed by atoms with Gasteiger partial charge >= 0.3 is 0 Å². The minimum Gasteiger partial charge on any atom is -0.508 e. The molecule has 0 saturated carbocycles. The molecule has 356 valence electrons. The molecule has 5 aromatic heterocycles. The summed E-state index contributed by atoms with van der Waals surface area (Å²) in [6.45, 7) is 20.1. The van der Waals surface area contributed by atoms with Crippen molar-refractivity contribution in [2.45, 2.75) is 90.8 Å². The minimum atomic E-state index is -0.817. The summed E-state index contributed by atoms with van der Waals surface area (Å²) in [5.41, 5.74) is 8.22. The first kappa shape index (κ1) is 46.9. The van der Waals surface area contributed by atoms with E-state index in [2.05, 4.69) is 53.9 Å². The van der Waals surface area contributed by atoms with Crippen LogP contribution in [0.5, 0.6) is 0 Å². The molecule has 0 bridgehead atoms. The van der Waals surface area contributed by atoms with Gasteiger partial charge in [-0.15, -0.1) is 32.9 Å². The largest absolute Gasteiger partial charge is 0.508 e. The van der Waals surface area contributed by atoms with Gasteiger partial charge in [-0.3, -0.25) is 9.59 Å². The van der Waals surface area contributed by atoms with Crippen molar-refractivity contribution < 1.29 is 24.3 Å². The molecule has 2 amide bonds. The third kappa shape index (κ3) is 9.45. The molecule has 9 rings (SSSR count). The number of aliphatic hydroxyl groups is 2. The number of piperidine rings is 1. The van der Waals surface area contributed by atoms with E-state index in [4.69, 9.17) is 14.5 Å². The Morgan fingerprint density at radius 1 is 0.941 bits per heavy atom. The van der Waals surface area contributed by atoms with Crippen molar-refractivity contribution in [3.8, 4) is 10.4 Å². The molecule has 3 saturated heterocycles. The highest BCUT2D eigenvalue weighted by atomic mass is 32.1. The Bertz CT molecular complexity index is 2810. The van der Waals surface area contributed by atoms with Crippen molar-refractivity contribution >= 4 is 67.7 Å². The van der Waals surface area contributed by atoms with Gasteiger partial charge in [-0.2, -0.15) is 0 Å². The summed E-state index contributed by atoms with van der Waals surface area (Å²) in [4.78, 5) is 53.7. The number of aromatic nitrogens is 6. The van der Waals surface area contributed by atoms with Crippen LogP contribution in [0, 0.1) is 19.8 Å². The van der Waals surface area contributed by atoms with Crippen LogP contribution in [0.2, 0.25) is 0 Å². The number of allylic oxidation sites excluding steroid dienone is 2. The molecule has 18 heteroatoms. The number of fused-ring (bicyclic) bond motifs is 1. The number of carbonyl (C=O) groups is 2. The number of carbonyl (C=O) groups excluding carboxylic acids is 2. The predicted molar refractivity (Wildman–Crippen MR) is 267 cm³/mol. The molecule has 4 atom stereocenters. The number of rotatable bonds is 13. The molecule has 3 aliphatic heterocycles. The number of thiophene rings is 1. The fraction of sp³-hybridized carbons (Fsp3) is 0.440. The third-order valence-corrected chi connectivity index (χ3v) is 16.1. The number of likely N-dealkylation sites (tertiary alicyclic amines) is 1. The molecule has 1 aromatic carbocycles. The number of hydrogen-bond acceptors (Lipinski definition) is 16. The number of aliphatic hydroxyl groups excluding tert-OH is 2. The fourth-order valence-electron chi connectivity index (χ4n) is 9.89. The summed E-state index contributed by atoms with van der Waals surface area (Å²) >= 11 is 3.30. The maximum Gasteiger partial charge on any atom is 0.243 e. The zero-order valence-electron chi connectivity index (χ0n) is 39.4. The van der Waals surface area contributed by atoms with Crippen LogP contribution in [-0.2, 0) is 9.59 Å². The lowest BCUT2D eigenvalue weighted by Crippen LogP contribution is -2.48. The standard InChI is InChI=1S/C50H59N11O5S2/c1-8-38(32(7)62)40-22-39-29(4)45(68-48(39)56-55-40)35-13-15-60(16-14-35)50-51-24-36(25-52-50)58-17-19-59(20-18-58)43-23-42(66-57-43)44(28(2)3)49(65)61-26-37(63)21-41(61)47(64)54-30(5)33-9-11-34(12-10-33)46-31(6)53-27-67-46/h8-12,22-25,27-28,30,35,37,41,44,62-63H,7,13-21,26H2,1-6H3,(H,54,64)/b38-8+/t30?,37-,41+,44?/m1/s1. The highest BCUT2D eigenvalue weighted by molar-refractivity contribution is 7.19. The van der Waals surface area contributed by atoms with Gasteiger partial charge in [0.1, 0.15) is 22.5 Å². The van der Waals surface area contributed by atoms with Gasteiger partial charge in [-0.25, -0.2) is 15.0 Å². The van der Waals surface area contributed by atoms with E-state index in [1.165, 1.54) is 15.3 Å². The molecule has 3 fully saturated rings. The van der Waals surface area contributed by atoms with Crippen molar-refractivity contribution in [3.05, 3.63) is 106 Å². The first-order chi connectivity index (χ1) is 32.8. The number of piperazine rings is 1. The normalized spacial score (nSPS) is 19.3. The first-order valence-electron chi connectivity index (χ1n) is 23.4. The Hall–Kier alpha value is -6.24. The number of thiazole rings is 1. The monoisotopic (exact) mass is 957 g/mol. The molecular formula is C50H59N11O5S2. The summed E-state index contributed by atoms with van der Waals surface area (Å²) in [7, 11) is 0. The van der Waals surface area contributed by atoms with Gasteiger partial charge in [0, 0.05) is 74.1 Å². The van der Waals surface area contributed by atoms with Crippen molar-refractivity contribution in [1.82, 2.24) is 40.5 Å². The summed E-state index contributed by atoms with van der Waals surface area (Å²) in [6, 6.07) is 10.8. The zero-order valence-corrected chi connectivity index (χ0v) is 41.1. The highest BCUT2D eigenvalue weighted by Crippen LogP contribution is 2.41. The van der Waals surface area contributed by atoms with E-state index in [9.17, 15) is 19.8 Å². The van der Waals surface area contributed by atoms with Crippen molar-refractivity contribution in [1.29, 1.82) is 0 Å². The lowest BCUT2D eigenvalue weighted by atomic mass is 9.91. The number of β-amino-alcohol motifs (C(OH)–C–C–N with tert-alkyl or cyclic N) is 1. The van der Waals surface area contributed by atoms with Crippen LogP contribution in [0.25, 0.3) is 26.2 Å². The summed E-state index contributed by atoms with van der Waals surface area (Å²) in [5.74, 6) is 0.821. The van der Waals surface area contributed by atoms with E-state index in [0.717, 1.165) is 82.6 Å². The van der Waals surface area contributed by atoms with Crippen molar-refractivity contribution in [3.63, 3.8) is 0 Å². The van der Waals surface area contributed by atoms with Crippen LogP contribution >= 0.6 is 22.7 Å².